The van der Waals surface area contributed by atoms with Crippen LogP contribution in [0.3, 0.4) is 0 Å². The zero-order chi connectivity index (χ0) is 27.5. The van der Waals surface area contributed by atoms with Crippen LogP contribution in [-0.2, 0) is 19.1 Å². The molecule has 2 saturated carbocycles. The Kier molecular flexibility index (Phi) is 7.00. The molecule has 5 aliphatic rings. The average molecular weight is 575 g/mol. The smallest absolute Gasteiger partial charge is 0.246 e. The fourth-order valence-electron chi connectivity index (χ4n) is 7.96. The van der Waals surface area contributed by atoms with Gasteiger partial charge in [-0.05, 0) is 56.7 Å². The van der Waals surface area contributed by atoms with E-state index in [1.165, 1.54) is 6.42 Å². The third-order valence-corrected chi connectivity index (χ3v) is 10.6. The van der Waals surface area contributed by atoms with Crippen LogP contribution in [0.4, 0.5) is 5.69 Å². The predicted octanol–water partition coefficient (Wildman–Crippen LogP) is 5.50. The van der Waals surface area contributed by atoms with E-state index in [0.29, 0.717) is 15.7 Å². The van der Waals surface area contributed by atoms with Crippen molar-refractivity contribution in [2.75, 3.05) is 5.32 Å². The second-order valence-corrected chi connectivity index (χ2v) is 13.2. The second kappa shape index (κ2) is 10.1. The summed E-state index contributed by atoms with van der Waals surface area (Å²) in [5.41, 5.74) is -1.69. The minimum Gasteiger partial charge on any atom is -0.356 e. The molecule has 2 aliphatic carbocycles. The third-order valence-electron chi connectivity index (χ3n) is 9.83. The minimum absolute atomic E-state index is 0.0593. The molecule has 39 heavy (non-hydrogen) atoms. The molecule has 7 atom stereocenters. The van der Waals surface area contributed by atoms with Crippen molar-refractivity contribution < 1.29 is 19.1 Å². The first-order chi connectivity index (χ1) is 18.6. The molecule has 2 saturated heterocycles. The van der Waals surface area contributed by atoms with Crippen molar-refractivity contribution in [3.8, 4) is 0 Å². The number of nitrogens with zero attached hydrogens (tertiary/aromatic N) is 1. The molecule has 4 fully saturated rings. The highest BCUT2D eigenvalue weighted by atomic mass is 35.5. The normalized spacial score (nSPS) is 37.7. The maximum atomic E-state index is 14.4. The molecule has 0 unspecified atom stereocenters. The summed E-state index contributed by atoms with van der Waals surface area (Å²) in [6.07, 6.45) is 13.1. The number of likely N-dealkylation sites (tertiary alicyclic amines) is 1. The molecule has 2 bridgehead atoms. The number of rotatable bonds is 5. The van der Waals surface area contributed by atoms with Crippen LogP contribution >= 0.6 is 23.2 Å². The molecule has 2 N–H and O–H groups in total. The number of nitrogens with one attached hydrogen (secondary N) is 2. The van der Waals surface area contributed by atoms with Crippen LogP contribution in [0.2, 0.25) is 10.0 Å². The lowest BCUT2D eigenvalue weighted by Gasteiger charge is -2.42. The van der Waals surface area contributed by atoms with E-state index in [2.05, 4.69) is 17.6 Å². The molecule has 1 aromatic carbocycles. The number of anilines is 1. The Balaban J connectivity index is 1.36. The Labute approximate surface area is 240 Å². The summed E-state index contributed by atoms with van der Waals surface area (Å²) < 4.78 is 6.69. The van der Waals surface area contributed by atoms with Gasteiger partial charge in [-0.25, -0.2) is 0 Å². The van der Waals surface area contributed by atoms with Gasteiger partial charge in [-0.15, -0.1) is 0 Å². The Bertz CT molecular complexity index is 1220. The molecule has 6 rings (SSSR count). The van der Waals surface area contributed by atoms with E-state index in [4.69, 9.17) is 27.9 Å². The summed E-state index contributed by atoms with van der Waals surface area (Å²) >= 11 is 12.3. The van der Waals surface area contributed by atoms with E-state index in [1.54, 1.807) is 18.2 Å². The molecule has 0 radical (unpaired) electrons. The Morgan fingerprint density at radius 3 is 2.41 bits per heavy atom. The van der Waals surface area contributed by atoms with Gasteiger partial charge in [0.1, 0.15) is 11.6 Å². The minimum atomic E-state index is -1.18. The van der Waals surface area contributed by atoms with Gasteiger partial charge in [-0.2, -0.15) is 0 Å². The van der Waals surface area contributed by atoms with Crippen molar-refractivity contribution in [2.24, 2.45) is 17.8 Å². The van der Waals surface area contributed by atoms with Gasteiger partial charge in [0.15, 0.2) is 0 Å². The van der Waals surface area contributed by atoms with Crippen LogP contribution in [0.1, 0.15) is 71.6 Å². The molecular weight excluding hydrogens is 537 g/mol. The Morgan fingerprint density at radius 1 is 0.974 bits per heavy atom. The zero-order valence-corrected chi connectivity index (χ0v) is 24.1. The van der Waals surface area contributed by atoms with E-state index in [1.807, 2.05) is 24.0 Å². The second-order valence-electron chi connectivity index (χ2n) is 12.4. The highest BCUT2D eigenvalue weighted by Gasteiger charge is 2.76. The molecule has 7 nitrogen and oxygen atoms in total. The van der Waals surface area contributed by atoms with Crippen LogP contribution in [0.5, 0.6) is 0 Å². The molecule has 210 valence electrons. The quantitative estimate of drug-likeness (QED) is 0.455. The van der Waals surface area contributed by atoms with E-state index >= 15 is 0 Å². The van der Waals surface area contributed by atoms with Gasteiger partial charge in [0.25, 0.3) is 0 Å². The summed E-state index contributed by atoms with van der Waals surface area (Å²) in [7, 11) is 0. The van der Waals surface area contributed by atoms with Crippen molar-refractivity contribution in [1.82, 2.24) is 10.2 Å². The maximum Gasteiger partial charge on any atom is 0.246 e. The summed E-state index contributed by atoms with van der Waals surface area (Å²) in [6.45, 7) is 4.01. The number of fused-ring (bicyclic) bond motifs is 1. The van der Waals surface area contributed by atoms with E-state index in [0.717, 1.165) is 51.4 Å². The lowest BCUT2D eigenvalue weighted by molar-refractivity contribution is -0.149. The average Bonchev–Trinajstić information content (AvgIpc) is 3.48. The molecule has 1 aromatic rings. The van der Waals surface area contributed by atoms with Crippen LogP contribution < -0.4 is 10.6 Å². The van der Waals surface area contributed by atoms with E-state index in [-0.39, 0.29) is 35.7 Å². The SMILES string of the molecule is C[C@@H]1CCCC[C@@H]1N1C(=O)[C@@H]2[C@@H](C(=O)Nc3ccc(Cl)c(Cl)c3)[C@]3(C)C=C[C@@]2(O3)[C@@H]1C(=O)NC1CCCCC1. The maximum absolute atomic E-state index is 14.4. The standard InChI is InChI=1S/C30H37Cl2N3O4/c1-17-8-6-7-11-22(17)35-25(27(37)33-18-9-4-3-5-10-18)30-15-14-29(2,39-30)23(24(30)28(35)38)26(36)34-19-12-13-20(31)21(32)16-19/h12-18,22-25H,3-11H2,1-2H3,(H,33,37)(H,34,36)/t17-,22+,23+,24+,25+,29+,30+/m1/s1. The number of carbonyl (C=O) groups is 3. The van der Waals surface area contributed by atoms with Crippen LogP contribution in [0.15, 0.2) is 30.4 Å². The lowest BCUT2D eigenvalue weighted by Crippen LogP contribution is -2.59. The van der Waals surface area contributed by atoms with Crippen molar-refractivity contribution in [3.63, 3.8) is 0 Å². The van der Waals surface area contributed by atoms with Gasteiger partial charge >= 0.3 is 0 Å². The van der Waals surface area contributed by atoms with E-state index < -0.39 is 29.1 Å². The Morgan fingerprint density at radius 2 is 1.69 bits per heavy atom. The lowest BCUT2D eigenvalue weighted by atomic mass is 9.70. The largest absolute Gasteiger partial charge is 0.356 e. The Hall–Kier alpha value is -2.09. The number of halogens is 2. The van der Waals surface area contributed by atoms with Crippen molar-refractivity contribution >= 4 is 46.6 Å². The summed E-state index contributed by atoms with van der Waals surface area (Å²) in [5.74, 6) is -1.95. The van der Waals surface area contributed by atoms with E-state index in [9.17, 15) is 14.4 Å². The van der Waals surface area contributed by atoms with Crippen molar-refractivity contribution in [3.05, 3.63) is 40.4 Å². The highest BCUT2D eigenvalue weighted by Crippen LogP contribution is 2.60. The first-order valence-electron chi connectivity index (χ1n) is 14.4. The predicted molar refractivity (Wildman–Crippen MR) is 151 cm³/mol. The van der Waals surface area contributed by atoms with Gasteiger partial charge in [-0.1, -0.05) is 74.4 Å². The molecule has 0 aromatic heterocycles. The van der Waals surface area contributed by atoms with Gasteiger partial charge < -0.3 is 20.3 Å². The number of hydrogen-bond donors (Lipinski definition) is 2. The molecular formula is C30H37Cl2N3O4. The van der Waals surface area contributed by atoms with Crippen LogP contribution in [0.25, 0.3) is 0 Å². The summed E-state index contributed by atoms with van der Waals surface area (Å²) in [6, 6.07) is 4.14. The highest BCUT2D eigenvalue weighted by molar-refractivity contribution is 6.42. The molecule has 3 aliphatic heterocycles. The van der Waals surface area contributed by atoms with Crippen LogP contribution in [0, 0.1) is 17.8 Å². The van der Waals surface area contributed by atoms with Gasteiger partial charge in [0.05, 0.1) is 27.5 Å². The first-order valence-corrected chi connectivity index (χ1v) is 15.2. The first kappa shape index (κ1) is 27.1. The van der Waals surface area contributed by atoms with Gasteiger partial charge in [0.2, 0.25) is 17.7 Å². The fraction of sp³-hybridized carbons (Fsp3) is 0.633. The molecule has 3 amide bonds. The van der Waals surface area contributed by atoms with Crippen molar-refractivity contribution in [2.45, 2.75) is 101 Å². The molecule has 9 heteroatoms. The van der Waals surface area contributed by atoms with Gasteiger partial charge in [0, 0.05) is 17.8 Å². The monoisotopic (exact) mass is 573 g/mol. The molecule has 1 spiro atoms. The number of carbonyl (C=O) groups excluding carboxylic acids is 3. The van der Waals surface area contributed by atoms with Gasteiger partial charge in [-0.3, -0.25) is 14.4 Å². The number of hydrogen-bond acceptors (Lipinski definition) is 4. The zero-order valence-electron chi connectivity index (χ0n) is 22.6. The summed E-state index contributed by atoms with van der Waals surface area (Å²) in [4.78, 5) is 44.3. The topological polar surface area (TPSA) is 87.7 Å². The fourth-order valence-corrected chi connectivity index (χ4v) is 8.25. The number of ether oxygens (including phenoxy) is 1. The molecule has 3 heterocycles. The van der Waals surface area contributed by atoms with Crippen LogP contribution in [-0.4, -0.2) is 51.9 Å². The third kappa shape index (κ3) is 4.40. The van der Waals surface area contributed by atoms with Crippen molar-refractivity contribution in [1.29, 1.82) is 0 Å². The number of amides is 3. The summed E-state index contributed by atoms with van der Waals surface area (Å²) in [5, 5.41) is 6.95. The number of benzene rings is 1.